The molecule has 0 spiro atoms. The molecule has 0 bridgehead atoms. The molecule has 5 heteroatoms. The predicted molar refractivity (Wildman–Crippen MR) is 83.9 cm³/mol. The summed E-state index contributed by atoms with van der Waals surface area (Å²) in [5.41, 5.74) is 8.01. The molecule has 2 atom stereocenters. The largest absolute Gasteiger partial charge is 0.330 e. The highest BCUT2D eigenvalue weighted by Gasteiger charge is 2.31. The van der Waals surface area contributed by atoms with Gasteiger partial charge in [0.05, 0.1) is 16.4 Å². The second-order valence-electron chi connectivity index (χ2n) is 5.72. The molecular weight excluding hydrogens is 272 g/mol. The van der Waals surface area contributed by atoms with E-state index in [1.54, 1.807) is 0 Å². The van der Waals surface area contributed by atoms with Gasteiger partial charge in [-0.2, -0.15) is 5.10 Å². The summed E-state index contributed by atoms with van der Waals surface area (Å²) < 4.78 is 2.03. The smallest absolute Gasteiger partial charge is 0.0860 e. The highest BCUT2D eigenvalue weighted by Crippen LogP contribution is 2.31. The lowest BCUT2D eigenvalue weighted by molar-refractivity contribution is 0.158. The maximum absolute atomic E-state index is 6.44. The number of hydrogen-bond acceptors (Lipinski definition) is 3. The molecule has 1 aromatic rings. The summed E-state index contributed by atoms with van der Waals surface area (Å²) >= 11 is 6.44. The standard InChI is InChI=1S/C15H27ClN4/c1-4-19(13-8-6-7-12(13)9-17)10-14-15(16)11(3)18-20(14)5-2/h12-13H,4-10,17H2,1-3H3. The zero-order valence-electron chi connectivity index (χ0n) is 12.9. The fourth-order valence-corrected chi connectivity index (χ4v) is 3.64. The number of aromatic nitrogens is 2. The molecule has 0 saturated heterocycles. The fraction of sp³-hybridized carbons (Fsp3) is 0.800. The Labute approximate surface area is 127 Å². The molecule has 1 heterocycles. The molecule has 2 unspecified atom stereocenters. The van der Waals surface area contributed by atoms with Gasteiger partial charge in [0, 0.05) is 19.1 Å². The molecule has 0 aromatic carbocycles. The van der Waals surface area contributed by atoms with Crippen LogP contribution in [0, 0.1) is 12.8 Å². The third kappa shape index (κ3) is 3.02. The topological polar surface area (TPSA) is 47.1 Å². The SMILES string of the molecule is CCN(Cc1c(Cl)c(C)nn1CC)C1CCCC1CN. The Morgan fingerprint density at radius 2 is 2.15 bits per heavy atom. The van der Waals surface area contributed by atoms with Crippen LogP contribution in [0.2, 0.25) is 5.02 Å². The van der Waals surface area contributed by atoms with Gasteiger partial charge in [-0.3, -0.25) is 9.58 Å². The van der Waals surface area contributed by atoms with Crippen LogP contribution >= 0.6 is 11.6 Å². The van der Waals surface area contributed by atoms with Crippen LogP contribution in [0.15, 0.2) is 0 Å². The van der Waals surface area contributed by atoms with Gasteiger partial charge in [-0.15, -0.1) is 0 Å². The third-order valence-electron chi connectivity index (χ3n) is 4.60. The second-order valence-corrected chi connectivity index (χ2v) is 6.10. The molecule has 4 nitrogen and oxygen atoms in total. The van der Waals surface area contributed by atoms with Gasteiger partial charge in [0.25, 0.3) is 0 Å². The van der Waals surface area contributed by atoms with E-state index in [1.807, 2.05) is 11.6 Å². The van der Waals surface area contributed by atoms with E-state index in [1.165, 1.54) is 19.3 Å². The van der Waals surface area contributed by atoms with E-state index >= 15 is 0 Å². The van der Waals surface area contributed by atoms with Gasteiger partial charge in [0.15, 0.2) is 0 Å². The van der Waals surface area contributed by atoms with Gasteiger partial charge in [0.2, 0.25) is 0 Å². The summed E-state index contributed by atoms with van der Waals surface area (Å²) in [5, 5.41) is 5.34. The van der Waals surface area contributed by atoms with E-state index in [2.05, 4.69) is 23.8 Å². The lowest BCUT2D eigenvalue weighted by Crippen LogP contribution is -2.40. The van der Waals surface area contributed by atoms with Crippen molar-refractivity contribution in [2.75, 3.05) is 13.1 Å². The molecule has 1 aliphatic carbocycles. The zero-order valence-corrected chi connectivity index (χ0v) is 13.7. The van der Waals surface area contributed by atoms with Crippen molar-refractivity contribution >= 4 is 11.6 Å². The van der Waals surface area contributed by atoms with Crippen molar-refractivity contribution in [3.8, 4) is 0 Å². The van der Waals surface area contributed by atoms with Crippen molar-refractivity contribution in [2.24, 2.45) is 11.7 Å². The Morgan fingerprint density at radius 1 is 1.40 bits per heavy atom. The van der Waals surface area contributed by atoms with Gasteiger partial charge < -0.3 is 5.73 Å². The first-order chi connectivity index (χ1) is 9.62. The minimum atomic E-state index is 0.599. The molecule has 2 N–H and O–H groups in total. The van der Waals surface area contributed by atoms with E-state index in [0.717, 1.165) is 42.6 Å². The van der Waals surface area contributed by atoms with Crippen molar-refractivity contribution in [1.82, 2.24) is 14.7 Å². The number of nitrogens with zero attached hydrogens (tertiary/aromatic N) is 3. The molecule has 1 saturated carbocycles. The highest BCUT2D eigenvalue weighted by molar-refractivity contribution is 6.31. The van der Waals surface area contributed by atoms with Gasteiger partial charge in [-0.25, -0.2) is 0 Å². The molecule has 0 radical (unpaired) electrons. The monoisotopic (exact) mass is 298 g/mol. The fourth-order valence-electron chi connectivity index (χ4n) is 3.45. The van der Waals surface area contributed by atoms with E-state index in [0.29, 0.717) is 12.0 Å². The highest BCUT2D eigenvalue weighted by atomic mass is 35.5. The van der Waals surface area contributed by atoms with E-state index in [-0.39, 0.29) is 0 Å². The van der Waals surface area contributed by atoms with Crippen LogP contribution in [0.1, 0.15) is 44.5 Å². The summed E-state index contributed by atoms with van der Waals surface area (Å²) in [4.78, 5) is 2.53. The van der Waals surface area contributed by atoms with Crippen LogP contribution in [0.4, 0.5) is 0 Å². The van der Waals surface area contributed by atoms with Crippen molar-refractivity contribution < 1.29 is 0 Å². The minimum Gasteiger partial charge on any atom is -0.330 e. The Hall–Kier alpha value is -0.580. The minimum absolute atomic E-state index is 0.599. The maximum atomic E-state index is 6.44. The van der Waals surface area contributed by atoms with Gasteiger partial charge >= 0.3 is 0 Å². The summed E-state index contributed by atoms with van der Waals surface area (Å²) in [6.07, 6.45) is 3.81. The van der Waals surface area contributed by atoms with Crippen LogP contribution < -0.4 is 5.73 Å². The molecule has 0 amide bonds. The quantitative estimate of drug-likeness (QED) is 0.878. The van der Waals surface area contributed by atoms with Crippen molar-refractivity contribution in [3.63, 3.8) is 0 Å². The molecule has 0 aliphatic heterocycles. The zero-order chi connectivity index (χ0) is 14.7. The molecule has 1 aromatic heterocycles. The maximum Gasteiger partial charge on any atom is 0.0860 e. The van der Waals surface area contributed by atoms with Crippen molar-refractivity contribution in [3.05, 3.63) is 16.4 Å². The Kier molecular flexibility index (Phi) is 5.47. The first-order valence-electron chi connectivity index (χ1n) is 7.78. The lowest BCUT2D eigenvalue weighted by atomic mass is 10.0. The number of nitrogens with two attached hydrogens (primary N) is 1. The van der Waals surface area contributed by atoms with Gasteiger partial charge in [-0.1, -0.05) is 24.9 Å². The Morgan fingerprint density at radius 3 is 2.75 bits per heavy atom. The van der Waals surface area contributed by atoms with Crippen LogP contribution in [-0.2, 0) is 13.1 Å². The average molecular weight is 299 g/mol. The first kappa shape index (κ1) is 15.8. The normalized spacial score (nSPS) is 22.9. The average Bonchev–Trinajstić information content (AvgIpc) is 3.03. The van der Waals surface area contributed by atoms with E-state index < -0.39 is 0 Å². The summed E-state index contributed by atoms with van der Waals surface area (Å²) in [6.45, 7) is 9.88. The van der Waals surface area contributed by atoms with Crippen LogP contribution in [0.5, 0.6) is 0 Å². The van der Waals surface area contributed by atoms with Gasteiger partial charge in [0.1, 0.15) is 0 Å². The predicted octanol–water partition coefficient (Wildman–Crippen LogP) is 2.81. The molecule has 1 fully saturated rings. The van der Waals surface area contributed by atoms with E-state index in [9.17, 15) is 0 Å². The Bertz CT molecular complexity index is 443. The lowest BCUT2D eigenvalue weighted by Gasteiger charge is -2.31. The third-order valence-corrected chi connectivity index (χ3v) is 5.09. The molecule has 114 valence electrons. The number of halogens is 1. The van der Waals surface area contributed by atoms with E-state index in [4.69, 9.17) is 17.3 Å². The number of rotatable bonds is 6. The van der Waals surface area contributed by atoms with Crippen LogP contribution in [0.3, 0.4) is 0 Å². The van der Waals surface area contributed by atoms with Crippen molar-refractivity contribution in [2.45, 2.75) is 59.2 Å². The Balaban J connectivity index is 2.18. The van der Waals surface area contributed by atoms with Crippen molar-refractivity contribution in [1.29, 1.82) is 0 Å². The van der Waals surface area contributed by atoms with Crippen LogP contribution in [0.25, 0.3) is 0 Å². The summed E-state index contributed by atoms with van der Waals surface area (Å²) in [7, 11) is 0. The van der Waals surface area contributed by atoms with Crippen LogP contribution in [-0.4, -0.2) is 33.8 Å². The molecular formula is C15H27ClN4. The molecule has 1 aliphatic rings. The summed E-state index contributed by atoms with van der Waals surface area (Å²) in [6, 6.07) is 0.599. The summed E-state index contributed by atoms with van der Waals surface area (Å²) in [5.74, 6) is 0.632. The number of hydrogen-bond donors (Lipinski definition) is 1. The molecule has 20 heavy (non-hydrogen) atoms. The number of aryl methyl sites for hydroxylation is 2. The second kappa shape index (κ2) is 6.92. The first-order valence-corrected chi connectivity index (χ1v) is 8.16. The van der Waals surface area contributed by atoms with Gasteiger partial charge in [-0.05, 0) is 45.7 Å². The molecule has 2 rings (SSSR count).